The van der Waals surface area contributed by atoms with Crippen molar-refractivity contribution in [1.29, 1.82) is 0 Å². The van der Waals surface area contributed by atoms with E-state index in [1.807, 2.05) is 0 Å². The van der Waals surface area contributed by atoms with E-state index in [4.69, 9.17) is 0 Å². The van der Waals surface area contributed by atoms with E-state index >= 15 is 0 Å². The highest BCUT2D eigenvalue weighted by Crippen LogP contribution is 2.56. The van der Waals surface area contributed by atoms with Gasteiger partial charge in [0.25, 0.3) is 0 Å². The molecule has 4 aromatic rings. The summed E-state index contributed by atoms with van der Waals surface area (Å²) in [4.78, 5) is 0. The summed E-state index contributed by atoms with van der Waals surface area (Å²) < 4.78 is 3.77. The number of hydrogen-bond donors (Lipinski definition) is 0. The van der Waals surface area contributed by atoms with Gasteiger partial charge in [0.05, 0.1) is 16.7 Å². The Hall–Kier alpha value is -2.06. The first-order chi connectivity index (χ1) is 12.3. The average molecular weight is 402 g/mol. The number of halogens is 1. The van der Waals surface area contributed by atoms with Gasteiger partial charge in [0.15, 0.2) is 0 Å². The van der Waals surface area contributed by atoms with Crippen LogP contribution in [0.2, 0.25) is 0 Å². The number of aromatic nitrogens is 1. The molecule has 0 bridgehead atoms. The Labute approximate surface area is 161 Å². The second-order valence-corrected chi connectivity index (χ2v) is 9.66. The first kappa shape index (κ1) is 15.0. The van der Waals surface area contributed by atoms with E-state index in [0.717, 1.165) is 0 Å². The molecular formula is C24H20BrN. The van der Waals surface area contributed by atoms with Crippen LogP contribution < -0.4 is 0 Å². The number of para-hydroxylation sites is 2. The monoisotopic (exact) mass is 401 g/mol. The third kappa shape index (κ3) is 1.40. The van der Waals surface area contributed by atoms with Crippen LogP contribution in [0, 0.1) is 0 Å². The van der Waals surface area contributed by atoms with Gasteiger partial charge in [-0.15, -0.1) is 0 Å². The summed E-state index contributed by atoms with van der Waals surface area (Å²) in [5.41, 5.74) is 9.81. The number of nitrogens with zero attached hydrogens (tertiary/aromatic N) is 1. The molecule has 0 saturated carbocycles. The zero-order valence-corrected chi connectivity index (χ0v) is 17.0. The molecule has 0 spiro atoms. The van der Waals surface area contributed by atoms with Crippen LogP contribution >= 0.6 is 15.9 Å². The summed E-state index contributed by atoms with van der Waals surface area (Å²) in [6, 6.07) is 18.2. The minimum atomic E-state index is -0.0400. The molecule has 26 heavy (non-hydrogen) atoms. The largest absolute Gasteiger partial charge is 0.308 e. The standard InChI is InChI=1S/C24H20BrN/c1-23(2)15-9-5-7-13-14-8-6-10-16-21(14)26(20(13)15)22-17(23)11-12-18(25)19(22)24(16,3)4/h5-12H,1-4H3. The quantitative estimate of drug-likeness (QED) is 0.304. The molecule has 6 rings (SSSR count). The van der Waals surface area contributed by atoms with Crippen LogP contribution in [0.4, 0.5) is 0 Å². The predicted molar refractivity (Wildman–Crippen MR) is 113 cm³/mol. The van der Waals surface area contributed by atoms with Crippen molar-refractivity contribution < 1.29 is 0 Å². The third-order valence-electron chi connectivity index (χ3n) is 6.81. The smallest absolute Gasteiger partial charge is 0.0582 e. The van der Waals surface area contributed by atoms with E-state index in [1.54, 1.807) is 0 Å². The van der Waals surface area contributed by atoms with Gasteiger partial charge in [0.1, 0.15) is 0 Å². The van der Waals surface area contributed by atoms with Crippen molar-refractivity contribution in [2.24, 2.45) is 0 Å². The van der Waals surface area contributed by atoms with Crippen molar-refractivity contribution in [3.63, 3.8) is 0 Å². The molecular weight excluding hydrogens is 382 g/mol. The summed E-state index contributed by atoms with van der Waals surface area (Å²) >= 11 is 3.89. The van der Waals surface area contributed by atoms with E-state index in [0.29, 0.717) is 0 Å². The summed E-state index contributed by atoms with van der Waals surface area (Å²) in [6.45, 7) is 9.47. The lowest BCUT2D eigenvalue weighted by Gasteiger charge is -2.42. The molecule has 0 amide bonds. The Morgan fingerprint density at radius 3 is 1.88 bits per heavy atom. The van der Waals surface area contributed by atoms with Gasteiger partial charge in [0.2, 0.25) is 0 Å². The third-order valence-corrected chi connectivity index (χ3v) is 7.47. The van der Waals surface area contributed by atoms with Gasteiger partial charge >= 0.3 is 0 Å². The van der Waals surface area contributed by atoms with Crippen molar-refractivity contribution in [2.75, 3.05) is 0 Å². The van der Waals surface area contributed by atoms with Gasteiger partial charge in [-0.3, -0.25) is 0 Å². The Balaban J connectivity index is 2.06. The normalized spacial score (nSPS) is 18.0. The Kier molecular flexibility index (Phi) is 2.46. The summed E-state index contributed by atoms with van der Waals surface area (Å²) in [5.74, 6) is 0. The number of benzene rings is 3. The Bertz CT molecular complexity index is 1260. The van der Waals surface area contributed by atoms with Crippen molar-refractivity contribution >= 4 is 37.7 Å². The van der Waals surface area contributed by atoms with E-state index in [2.05, 4.69) is 96.7 Å². The van der Waals surface area contributed by atoms with Gasteiger partial charge in [0, 0.05) is 31.6 Å². The number of rotatable bonds is 0. The lowest BCUT2D eigenvalue weighted by molar-refractivity contribution is 0.591. The molecule has 2 aliphatic heterocycles. The molecule has 2 aliphatic rings. The molecule has 0 unspecified atom stereocenters. The first-order valence-corrected chi connectivity index (χ1v) is 10.1. The highest BCUT2D eigenvalue weighted by Gasteiger charge is 2.43. The van der Waals surface area contributed by atoms with Crippen LogP contribution in [0.1, 0.15) is 49.9 Å². The minimum Gasteiger partial charge on any atom is -0.308 e. The molecule has 1 aromatic heterocycles. The highest BCUT2D eigenvalue weighted by atomic mass is 79.9. The van der Waals surface area contributed by atoms with Crippen molar-refractivity contribution in [2.45, 2.75) is 38.5 Å². The molecule has 2 heteroatoms. The van der Waals surface area contributed by atoms with Crippen LogP contribution in [-0.2, 0) is 10.8 Å². The van der Waals surface area contributed by atoms with Crippen molar-refractivity contribution in [3.8, 4) is 5.69 Å². The van der Waals surface area contributed by atoms with Crippen LogP contribution in [0.5, 0.6) is 0 Å². The van der Waals surface area contributed by atoms with E-state index in [9.17, 15) is 0 Å². The van der Waals surface area contributed by atoms with E-state index < -0.39 is 0 Å². The van der Waals surface area contributed by atoms with Crippen LogP contribution in [0.15, 0.2) is 53.0 Å². The second-order valence-electron chi connectivity index (χ2n) is 8.81. The molecule has 0 radical (unpaired) electrons. The molecule has 0 aliphatic carbocycles. The predicted octanol–water partition coefficient (Wildman–Crippen LogP) is 6.82. The summed E-state index contributed by atoms with van der Waals surface area (Å²) in [7, 11) is 0. The van der Waals surface area contributed by atoms with Crippen LogP contribution in [0.25, 0.3) is 27.5 Å². The average Bonchev–Trinajstić information content (AvgIpc) is 2.94. The molecule has 3 aromatic carbocycles. The molecule has 0 saturated heterocycles. The first-order valence-electron chi connectivity index (χ1n) is 9.26. The topological polar surface area (TPSA) is 4.93 Å². The van der Waals surface area contributed by atoms with Crippen LogP contribution in [-0.4, -0.2) is 4.57 Å². The van der Waals surface area contributed by atoms with Gasteiger partial charge in [-0.1, -0.05) is 86.1 Å². The van der Waals surface area contributed by atoms with E-state index in [-0.39, 0.29) is 10.8 Å². The fourth-order valence-corrected chi connectivity index (χ4v) is 6.34. The number of hydrogen-bond acceptors (Lipinski definition) is 0. The fourth-order valence-electron chi connectivity index (χ4n) is 5.53. The second kappa shape index (κ2) is 4.26. The fraction of sp³-hybridized carbons (Fsp3) is 0.250. The maximum Gasteiger partial charge on any atom is 0.0582 e. The Morgan fingerprint density at radius 1 is 0.692 bits per heavy atom. The lowest BCUT2D eigenvalue weighted by Crippen LogP contribution is -2.33. The minimum absolute atomic E-state index is 0.0117. The summed E-state index contributed by atoms with van der Waals surface area (Å²) in [5, 5.41) is 2.75. The van der Waals surface area contributed by atoms with E-state index in [1.165, 1.54) is 54.2 Å². The van der Waals surface area contributed by atoms with Gasteiger partial charge in [-0.2, -0.15) is 0 Å². The molecule has 128 valence electrons. The number of fused-ring (bicyclic) bond motifs is 1. The van der Waals surface area contributed by atoms with Crippen molar-refractivity contribution in [1.82, 2.24) is 4.57 Å². The SMILES string of the molecule is CC1(C)c2ccc(Br)c3c2-n2c4c1cccc4c1cccc(c12)C3(C)C. The summed E-state index contributed by atoms with van der Waals surface area (Å²) in [6.07, 6.45) is 0. The van der Waals surface area contributed by atoms with Gasteiger partial charge in [-0.25, -0.2) is 0 Å². The molecule has 1 nitrogen and oxygen atoms in total. The maximum atomic E-state index is 3.89. The maximum absolute atomic E-state index is 3.89. The zero-order chi connectivity index (χ0) is 18.0. The molecule has 0 N–H and O–H groups in total. The van der Waals surface area contributed by atoms with Gasteiger partial charge in [-0.05, 0) is 22.8 Å². The molecule has 0 atom stereocenters. The van der Waals surface area contributed by atoms with Crippen molar-refractivity contribution in [3.05, 3.63) is 75.3 Å². The molecule has 3 heterocycles. The highest BCUT2D eigenvalue weighted by molar-refractivity contribution is 9.10. The zero-order valence-electron chi connectivity index (χ0n) is 15.4. The molecule has 0 fully saturated rings. The Morgan fingerprint density at radius 2 is 1.27 bits per heavy atom. The van der Waals surface area contributed by atoms with Gasteiger partial charge < -0.3 is 4.57 Å². The lowest BCUT2D eigenvalue weighted by atomic mass is 9.69. The van der Waals surface area contributed by atoms with Crippen LogP contribution in [0.3, 0.4) is 0 Å².